The van der Waals surface area contributed by atoms with Crippen LogP contribution in [-0.2, 0) is 5.54 Å². The van der Waals surface area contributed by atoms with Gasteiger partial charge in [-0.3, -0.25) is 0 Å². The number of hydrogen-bond acceptors (Lipinski definition) is 4. The molecule has 5 heteroatoms. The maximum atomic E-state index is 4.20. The summed E-state index contributed by atoms with van der Waals surface area (Å²) in [6.45, 7) is 8.24. The molecule has 0 saturated carbocycles. The Morgan fingerprint density at radius 1 is 1.22 bits per heavy atom. The van der Waals surface area contributed by atoms with Crippen LogP contribution in [0.25, 0.3) is 12.2 Å². The highest BCUT2D eigenvalue weighted by Gasteiger charge is 2.14. The third kappa shape index (κ3) is 2.80. The van der Waals surface area contributed by atoms with Crippen molar-refractivity contribution >= 4 is 12.2 Å². The summed E-state index contributed by atoms with van der Waals surface area (Å²) in [6, 6.07) is 0. The van der Waals surface area contributed by atoms with Crippen molar-refractivity contribution in [2.45, 2.75) is 33.2 Å². The van der Waals surface area contributed by atoms with Crippen LogP contribution in [0.15, 0.2) is 18.7 Å². The minimum Gasteiger partial charge on any atom is -0.247 e. The molecule has 0 N–H and O–H groups in total. The molecule has 0 aromatic carbocycles. The summed E-state index contributed by atoms with van der Waals surface area (Å²) < 4.78 is 1.85. The van der Waals surface area contributed by atoms with Crippen molar-refractivity contribution in [3.05, 3.63) is 35.7 Å². The van der Waals surface area contributed by atoms with Crippen LogP contribution in [0.2, 0.25) is 0 Å². The lowest BCUT2D eigenvalue weighted by molar-refractivity contribution is 0.347. The minimum absolute atomic E-state index is 0.0517. The molecule has 2 heterocycles. The molecule has 0 aliphatic heterocycles. The molecule has 5 nitrogen and oxygen atoms in total. The van der Waals surface area contributed by atoms with Crippen molar-refractivity contribution in [1.82, 2.24) is 25.0 Å². The molecule has 0 amide bonds. The third-order valence-corrected chi connectivity index (χ3v) is 2.55. The van der Waals surface area contributed by atoms with Gasteiger partial charge in [-0.2, -0.15) is 0 Å². The van der Waals surface area contributed by atoms with E-state index in [0.717, 1.165) is 17.0 Å². The molecule has 0 saturated heterocycles. The van der Waals surface area contributed by atoms with Crippen molar-refractivity contribution in [3.8, 4) is 0 Å². The summed E-state index contributed by atoms with van der Waals surface area (Å²) in [7, 11) is 0. The van der Waals surface area contributed by atoms with Crippen LogP contribution in [0.1, 0.15) is 37.7 Å². The van der Waals surface area contributed by atoms with E-state index in [2.05, 4.69) is 41.1 Å². The SMILES string of the molecule is Cc1cncnc1C=Cc1cn(C(C)(C)C)nn1. The van der Waals surface area contributed by atoms with Gasteiger partial charge in [-0.15, -0.1) is 5.10 Å². The maximum absolute atomic E-state index is 4.20. The van der Waals surface area contributed by atoms with E-state index in [-0.39, 0.29) is 5.54 Å². The fourth-order valence-corrected chi connectivity index (χ4v) is 1.43. The van der Waals surface area contributed by atoms with Crippen LogP contribution >= 0.6 is 0 Å². The number of rotatable bonds is 2. The first-order valence-corrected chi connectivity index (χ1v) is 5.84. The molecule has 0 aliphatic carbocycles. The molecule has 94 valence electrons. The second-order valence-electron chi connectivity index (χ2n) is 5.18. The van der Waals surface area contributed by atoms with E-state index in [4.69, 9.17) is 0 Å². The molecule has 0 bridgehead atoms. The molecule has 0 atom stereocenters. The highest BCUT2D eigenvalue weighted by atomic mass is 15.4. The summed E-state index contributed by atoms with van der Waals surface area (Å²) >= 11 is 0. The van der Waals surface area contributed by atoms with E-state index in [1.54, 1.807) is 12.5 Å². The van der Waals surface area contributed by atoms with Gasteiger partial charge in [0.15, 0.2) is 0 Å². The summed E-state index contributed by atoms with van der Waals surface area (Å²) in [4.78, 5) is 8.16. The molecule has 2 aromatic rings. The first-order valence-electron chi connectivity index (χ1n) is 5.84. The van der Waals surface area contributed by atoms with Gasteiger partial charge in [0.1, 0.15) is 12.0 Å². The molecule has 0 spiro atoms. The predicted octanol–water partition coefficient (Wildman–Crippen LogP) is 2.30. The topological polar surface area (TPSA) is 56.5 Å². The van der Waals surface area contributed by atoms with Gasteiger partial charge >= 0.3 is 0 Å². The first kappa shape index (κ1) is 12.4. The fourth-order valence-electron chi connectivity index (χ4n) is 1.43. The van der Waals surface area contributed by atoms with Gasteiger partial charge in [-0.1, -0.05) is 5.21 Å². The second-order valence-corrected chi connectivity index (χ2v) is 5.18. The highest BCUT2D eigenvalue weighted by Crippen LogP contribution is 2.13. The Kier molecular flexibility index (Phi) is 3.23. The van der Waals surface area contributed by atoms with Crippen LogP contribution in [0.4, 0.5) is 0 Å². The Morgan fingerprint density at radius 2 is 2.00 bits per heavy atom. The Morgan fingerprint density at radius 3 is 2.61 bits per heavy atom. The van der Waals surface area contributed by atoms with Crippen molar-refractivity contribution in [2.24, 2.45) is 0 Å². The third-order valence-electron chi connectivity index (χ3n) is 2.55. The van der Waals surface area contributed by atoms with Crippen molar-refractivity contribution in [1.29, 1.82) is 0 Å². The molecule has 0 aliphatic rings. The van der Waals surface area contributed by atoms with Crippen LogP contribution in [0, 0.1) is 6.92 Å². The number of aryl methyl sites for hydroxylation is 1. The molecule has 2 rings (SSSR count). The molecule has 0 unspecified atom stereocenters. The normalized spacial score (nSPS) is 12.2. The monoisotopic (exact) mass is 243 g/mol. The molecule has 0 radical (unpaired) electrons. The largest absolute Gasteiger partial charge is 0.247 e. The van der Waals surface area contributed by atoms with Crippen LogP contribution in [0.5, 0.6) is 0 Å². The Balaban J connectivity index is 2.20. The lowest BCUT2D eigenvalue weighted by Crippen LogP contribution is -2.22. The number of hydrogen-bond donors (Lipinski definition) is 0. The van der Waals surface area contributed by atoms with Gasteiger partial charge in [-0.25, -0.2) is 14.6 Å². The van der Waals surface area contributed by atoms with Crippen molar-refractivity contribution in [2.75, 3.05) is 0 Å². The van der Waals surface area contributed by atoms with Crippen LogP contribution in [-0.4, -0.2) is 25.0 Å². The summed E-state index contributed by atoms with van der Waals surface area (Å²) in [5.74, 6) is 0. The Hall–Kier alpha value is -2.04. The van der Waals surface area contributed by atoms with E-state index in [1.807, 2.05) is 30.0 Å². The first-order chi connectivity index (χ1) is 8.47. The standard InChI is InChI=1S/C13H17N5/c1-10-7-14-9-15-12(10)6-5-11-8-18(17-16-11)13(2,3)4/h5-9H,1-4H3. The molecule has 2 aromatic heterocycles. The zero-order valence-corrected chi connectivity index (χ0v) is 11.1. The lowest BCUT2D eigenvalue weighted by Gasteiger charge is -2.17. The summed E-state index contributed by atoms with van der Waals surface area (Å²) in [6.07, 6.45) is 9.09. The van der Waals surface area contributed by atoms with Gasteiger partial charge in [-0.05, 0) is 45.4 Å². The van der Waals surface area contributed by atoms with Gasteiger partial charge in [0, 0.05) is 6.20 Å². The van der Waals surface area contributed by atoms with Crippen molar-refractivity contribution < 1.29 is 0 Å². The fraction of sp³-hybridized carbons (Fsp3) is 0.385. The molecular formula is C13H17N5. The number of nitrogens with zero attached hydrogens (tertiary/aromatic N) is 5. The quantitative estimate of drug-likeness (QED) is 0.812. The smallest absolute Gasteiger partial charge is 0.116 e. The lowest BCUT2D eigenvalue weighted by atomic mass is 10.1. The minimum atomic E-state index is -0.0517. The van der Waals surface area contributed by atoms with Crippen LogP contribution < -0.4 is 0 Å². The van der Waals surface area contributed by atoms with E-state index in [1.165, 1.54) is 0 Å². The number of aromatic nitrogens is 5. The van der Waals surface area contributed by atoms with E-state index in [0.29, 0.717) is 0 Å². The van der Waals surface area contributed by atoms with Crippen molar-refractivity contribution in [3.63, 3.8) is 0 Å². The maximum Gasteiger partial charge on any atom is 0.116 e. The second kappa shape index (κ2) is 4.68. The summed E-state index contributed by atoms with van der Waals surface area (Å²) in [5.41, 5.74) is 2.71. The Bertz CT molecular complexity index is 563. The molecule has 18 heavy (non-hydrogen) atoms. The molecule has 0 fully saturated rings. The van der Waals surface area contributed by atoms with Gasteiger partial charge in [0.2, 0.25) is 0 Å². The van der Waals surface area contributed by atoms with E-state index >= 15 is 0 Å². The molecular weight excluding hydrogens is 226 g/mol. The zero-order valence-electron chi connectivity index (χ0n) is 11.1. The predicted molar refractivity (Wildman–Crippen MR) is 70.7 cm³/mol. The van der Waals surface area contributed by atoms with Gasteiger partial charge < -0.3 is 0 Å². The van der Waals surface area contributed by atoms with Gasteiger partial charge in [0.25, 0.3) is 0 Å². The zero-order chi connectivity index (χ0) is 13.2. The average Bonchev–Trinajstić information content (AvgIpc) is 2.76. The Labute approximate surface area is 107 Å². The van der Waals surface area contributed by atoms with Gasteiger partial charge in [0.05, 0.1) is 17.4 Å². The van der Waals surface area contributed by atoms with E-state index in [9.17, 15) is 0 Å². The average molecular weight is 243 g/mol. The highest BCUT2D eigenvalue weighted by molar-refractivity contribution is 5.66. The van der Waals surface area contributed by atoms with Crippen LogP contribution in [0.3, 0.4) is 0 Å². The van der Waals surface area contributed by atoms with E-state index < -0.39 is 0 Å². The summed E-state index contributed by atoms with van der Waals surface area (Å²) in [5, 5.41) is 8.21.